The van der Waals surface area contributed by atoms with Gasteiger partial charge in [0.2, 0.25) is 0 Å². The topological polar surface area (TPSA) is 49.5 Å². The van der Waals surface area contributed by atoms with Crippen molar-refractivity contribution in [3.63, 3.8) is 0 Å². The molecule has 1 aliphatic rings. The summed E-state index contributed by atoms with van der Waals surface area (Å²) in [6, 6.07) is 9.39. The zero-order valence-corrected chi connectivity index (χ0v) is 11.1. The van der Waals surface area contributed by atoms with Crippen molar-refractivity contribution < 1.29 is 18.3 Å². The van der Waals surface area contributed by atoms with Gasteiger partial charge in [-0.3, -0.25) is 4.90 Å². The summed E-state index contributed by atoms with van der Waals surface area (Å²) in [5, 5.41) is 9.67. The lowest BCUT2D eigenvalue weighted by molar-refractivity contribution is -0.273. The number of likely N-dealkylation sites (tertiary alicyclic amines) is 1. The van der Waals surface area contributed by atoms with Crippen LogP contribution in [0.5, 0.6) is 0 Å². The van der Waals surface area contributed by atoms with E-state index in [2.05, 4.69) is 0 Å². The van der Waals surface area contributed by atoms with Gasteiger partial charge in [0.25, 0.3) is 0 Å². The van der Waals surface area contributed by atoms with Crippen molar-refractivity contribution in [3.05, 3.63) is 35.9 Å². The molecule has 0 aliphatic carbocycles. The molecule has 1 aromatic rings. The van der Waals surface area contributed by atoms with Gasteiger partial charge in [-0.15, -0.1) is 0 Å². The van der Waals surface area contributed by atoms with Gasteiger partial charge in [0.15, 0.2) is 5.60 Å². The fourth-order valence-electron chi connectivity index (χ4n) is 2.66. The molecule has 1 unspecified atom stereocenters. The highest BCUT2D eigenvalue weighted by Crippen LogP contribution is 2.39. The second-order valence-electron chi connectivity index (χ2n) is 5.23. The van der Waals surface area contributed by atoms with Crippen LogP contribution in [0.15, 0.2) is 30.3 Å². The maximum Gasteiger partial charge on any atom is 0.417 e. The van der Waals surface area contributed by atoms with Crippen molar-refractivity contribution in [2.75, 3.05) is 19.6 Å². The summed E-state index contributed by atoms with van der Waals surface area (Å²) in [5.41, 5.74) is 4.20. The first-order valence-corrected chi connectivity index (χ1v) is 6.65. The Bertz CT molecular complexity index is 428. The molecule has 2 rings (SSSR count). The second-order valence-corrected chi connectivity index (χ2v) is 5.23. The van der Waals surface area contributed by atoms with E-state index in [0.29, 0.717) is 6.54 Å². The molecule has 1 aliphatic heterocycles. The molecule has 112 valence electrons. The number of nitrogens with two attached hydrogens (primary N) is 1. The van der Waals surface area contributed by atoms with Gasteiger partial charge in [-0.1, -0.05) is 30.3 Å². The lowest BCUT2D eigenvalue weighted by atomic mass is 9.89. The van der Waals surface area contributed by atoms with E-state index in [4.69, 9.17) is 5.73 Å². The first-order valence-electron chi connectivity index (χ1n) is 6.65. The molecule has 3 nitrogen and oxygen atoms in total. The minimum atomic E-state index is -4.57. The predicted molar refractivity (Wildman–Crippen MR) is 70.0 cm³/mol. The van der Waals surface area contributed by atoms with E-state index in [1.54, 1.807) is 0 Å². The monoisotopic (exact) mass is 288 g/mol. The minimum absolute atomic E-state index is 0.103. The molecule has 0 radical (unpaired) electrons. The molecule has 0 amide bonds. The van der Waals surface area contributed by atoms with Crippen molar-refractivity contribution in [3.8, 4) is 0 Å². The first kappa shape index (κ1) is 15.3. The summed E-state index contributed by atoms with van der Waals surface area (Å²) in [6.07, 6.45) is -5.18. The molecule has 1 aromatic carbocycles. The Kier molecular flexibility index (Phi) is 4.36. The fraction of sp³-hybridized carbons (Fsp3) is 0.571. The molecule has 1 heterocycles. The van der Waals surface area contributed by atoms with Gasteiger partial charge in [0.05, 0.1) is 0 Å². The Morgan fingerprint density at radius 1 is 1.20 bits per heavy atom. The Labute approximate surface area is 116 Å². The van der Waals surface area contributed by atoms with Crippen LogP contribution in [0.3, 0.4) is 0 Å². The lowest BCUT2D eigenvalue weighted by Crippen LogP contribution is -2.54. The van der Waals surface area contributed by atoms with Gasteiger partial charge >= 0.3 is 6.18 Å². The number of aliphatic hydroxyl groups is 1. The maximum absolute atomic E-state index is 12.8. The summed E-state index contributed by atoms with van der Waals surface area (Å²) in [6.45, 7) is 0.716. The van der Waals surface area contributed by atoms with Crippen LogP contribution in [0, 0.1) is 0 Å². The van der Waals surface area contributed by atoms with E-state index >= 15 is 0 Å². The van der Waals surface area contributed by atoms with E-state index < -0.39 is 11.8 Å². The summed E-state index contributed by atoms with van der Waals surface area (Å²) < 4.78 is 38.3. The van der Waals surface area contributed by atoms with Crippen LogP contribution < -0.4 is 5.73 Å². The third-order valence-corrected chi connectivity index (χ3v) is 4.00. The molecular formula is C14H19F3N2O. The van der Waals surface area contributed by atoms with Crippen molar-refractivity contribution in [1.82, 2.24) is 4.90 Å². The average molecular weight is 288 g/mol. The Morgan fingerprint density at radius 2 is 1.75 bits per heavy atom. The van der Waals surface area contributed by atoms with Crippen molar-refractivity contribution in [2.45, 2.75) is 30.7 Å². The number of nitrogens with zero attached hydrogens (tertiary/aromatic N) is 1. The Balaban J connectivity index is 2.06. The van der Waals surface area contributed by atoms with Gasteiger partial charge in [0, 0.05) is 25.7 Å². The van der Waals surface area contributed by atoms with E-state index in [1.807, 2.05) is 35.2 Å². The van der Waals surface area contributed by atoms with E-state index in [-0.39, 0.29) is 32.0 Å². The number of piperidine rings is 1. The van der Waals surface area contributed by atoms with Gasteiger partial charge in [-0.2, -0.15) is 13.2 Å². The van der Waals surface area contributed by atoms with Gasteiger partial charge in [0.1, 0.15) is 0 Å². The molecule has 1 saturated heterocycles. The van der Waals surface area contributed by atoms with E-state index in [9.17, 15) is 18.3 Å². The maximum atomic E-state index is 12.8. The molecule has 0 saturated carbocycles. The van der Waals surface area contributed by atoms with Crippen LogP contribution in [0.25, 0.3) is 0 Å². The van der Waals surface area contributed by atoms with E-state index in [1.165, 1.54) is 0 Å². The largest absolute Gasteiger partial charge is 0.417 e. The molecule has 0 bridgehead atoms. The summed E-state index contributed by atoms with van der Waals surface area (Å²) in [7, 11) is 0. The van der Waals surface area contributed by atoms with Crippen LogP contribution in [0.4, 0.5) is 13.2 Å². The lowest BCUT2D eigenvalue weighted by Gasteiger charge is -2.42. The van der Waals surface area contributed by atoms with Crippen molar-refractivity contribution in [1.29, 1.82) is 0 Å². The SMILES string of the molecule is NCC(c1ccccc1)N1CCC(O)(C(F)(F)F)CC1. The molecule has 1 atom stereocenters. The normalized spacial score (nSPS) is 21.6. The highest BCUT2D eigenvalue weighted by atomic mass is 19.4. The van der Waals surface area contributed by atoms with Crippen LogP contribution in [-0.2, 0) is 0 Å². The Hall–Kier alpha value is -1.11. The molecule has 0 spiro atoms. The third-order valence-electron chi connectivity index (χ3n) is 4.00. The standard InChI is InChI=1S/C14H19F3N2O/c15-14(16,17)13(20)6-8-19(9-7-13)12(10-18)11-4-2-1-3-5-11/h1-5,12,20H,6-10,18H2. The third kappa shape index (κ3) is 2.97. The van der Waals surface area contributed by atoms with Crippen LogP contribution in [-0.4, -0.2) is 41.4 Å². The smallest absolute Gasteiger partial charge is 0.380 e. The Morgan fingerprint density at radius 3 is 2.20 bits per heavy atom. The molecule has 6 heteroatoms. The van der Waals surface area contributed by atoms with E-state index in [0.717, 1.165) is 5.56 Å². The van der Waals surface area contributed by atoms with Crippen LogP contribution in [0.1, 0.15) is 24.4 Å². The zero-order valence-electron chi connectivity index (χ0n) is 11.1. The molecule has 1 fully saturated rings. The van der Waals surface area contributed by atoms with Gasteiger partial charge in [-0.25, -0.2) is 0 Å². The number of benzene rings is 1. The summed E-state index contributed by atoms with van der Waals surface area (Å²) in [5.74, 6) is 0. The van der Waals surface area contributed by atoms with Gasteiger partial charge < -0.3 is 10.8 Å². The van der Waals surface area contributed by atoms with Gasteiger partial charge in [-0.05, 0) is 18.4 Å². The van der Waals surface area contributed by atoms with Crippen LogP contribution in [0.2, 0.25) is 0 Å². The molecular weight excluding hydrogens is 269 g/mol. The number of hydrogen-bond acceptors (Lipinski definition) is 3. The number of halogens is 3. The fourth-order valence-corrected chi connectivity index (χ4v) is 2.66. The first-order chi connectivity index (χ1) is 9.37. The average Bonchev–Trinajstić information content (AvgIpc) is 2.42. The van der Waals surface area contributed by atoms with Crippen LogP contribution >= 0.6 is 0 Å². The van der Waals surface area contributed by atoms with Crippen molar-refractivity contribution in [2.24, 2.45) is 5.73 Å². The summed E-state index contributed by atoms with van der Waals surface area (Å²) in [4.78, 5) is 1.91. The summed E-state index contributed by atoms with van der Waals surface area (Å²) >= 11 is 0. The second kappa shape index (κ2) is 5.71. The number of hydrogen-bond donors (Lipinski definition) is 2. The quantitative estimate of drug-likeness (QED) is 0.895. The predicted octanol–water partition coefficient (Wildman–Crippen LogP) is 2.08. The zero-order chi connectivity index (χ0) is 14.8. The molecule has 20 heavy (non-hydrogen) atoms. The number of alkyl halides is 3. The highest BCUT2D eigenvalue weighted by Gasteiger charge is 2.54. The molecule has 0 aromatic heterocycles. The highest BCUT2D eigenvalue weighted by molar-refractivity contribution is 5.19. The number of rotatable bonds is 3. The minimum Gasteiger partial charge on any atom is -0.380 e. The molecule has 3 N–H and O–H groups in total. The van der Waals surface area contributed by atoms with Crippen molar-refractivity contribution >= 4 is 0 Å².